The molecule has 1 aromatic carbocycles. The van der Waals surface area contributed by atoms with E-state index >= 15 is 0 Å². The summed E-state index contributed by atoms with van der Waals surface area (Å²) >= 11 is 0. The Kier molecular flexibility index (Phi) is 8.77. The summed E-state index contributed by atoms with van der Waals surface area (Å²) in [5.41, 5.74) is 8.00. The first-order valence-corrected chi connectivity index (χ1v) is 16.2. The molecule has 3 atom stereocenters. The van der Waals surface area contributed by atoms with Crippen LogP contribution in [0, 0.1) is 0 Å². The number of aromatic nitrogens is 2. The summed E-state index contributed by atoms with van der Waals surface area (Å²) in [5.74, 6) is -3.78. The molecule has 0 bridgehead atoms. The van der Waals surface area contributed by atoms with Crippen LogP contribution in [0.15, 0.2) is 34.1 Å². The van der Waals surface area contributed by atoms with Crippen LogP contribution in [0.5, 0.6) is 0 Å². The van der Waals surface area contributed by atoms with E-state index in [4.69, 9.17) is 20.2 Å². The maximum atomic E-state index is 14.1. The van der Waals surface area contributed by atoms with E-state index in [1.807, 2.05) is 24.5 Å². The quantitative estimate of drug-likeness (QED) is 0.150. The van der Waals surface area contributed by atoms with Crippen molar-refractivity contribution in [1.82, 2.24) is 14.9 Å². The third-order valence-electron chi connectivity index (χ3n) is 9.21. The van der Waals surface area contributed by atoms with E-state index in [1.165, 1.54) is 6.92 Å². The molecule has 252 valence electrons. The summed E-state index contributed by atoms with van der Waals surface area (Å²) in [6.45, 7) is 5.88. The number of hydrogen-bond donors (Lipinski definition) is 3. The Morgan fingerprint density at radius 3 is 2.69 bits per heavy atom. The van der Waals surface area contributed by atoms with Gasteiger partial charge in [-0.2, -0.15) is 0 Å². The maximum absolute atomic E-state index is 14.1. The van der Waals surface area contributed by atoms with Crippen LogP contribution in [0.25, 0.3) is 22.3 Å². The molecule has 0 aliphatic carbocycles. The summed E-state index contributed by atoms with van der Waals surface area (Å²) in [7, 11) is 0. The second-order valence-electron chi connectivity index (χ2n) is 12.4. The van der Waals surface area contributed by atoms with Crippen molar-refractivity contribution < 1.29 is 33.8 Å². The van der Waals surface area contributed by atoms with Gasteiger partial charge < -0.3 is 35.1 Å². The number of hydrogen-bond acceptors (Lipinski definition) is 11. The standard InChI is InChI=1S/C34H38N6O8/c1-4-6-7-13-39-17-36-22-9-8-10-23-27(22)29(39)19-15-40-25(28(19)37-23)14-21-20(31(40)43)16-47-33(46)34(21,5-2)48-26(41)12-11-24(32(44)45)38-30(42)18(3)35/h8-10,14,17-18,24H,4-7,11-13,15-16,35H2,1-3H3,(H,38,42)(H,44,45)/t18-,24-,34-/m0/s1. The smallest absolute Gasteiger partial charge is 0.355 e. The van der Waals surface area contributed by atoms with Gasteiger partial charge in [0.1, 0.15) is 12.6 Å². The van der Waals surface area contributed by atoms with Crippen LogP contribution in [0.3, 0.4) is 0 Å². The van der Waals surface area contributed by atoms with Crippen molar-refractivity contribution in [1.29, 1.82) is 0 Å². The fraction of sp³-hybridized carbons (Fsp3) is 0.441. The normalized spacial score (nSPS) is 18.4. The number of ether oxygens (including phenoxy) is 2. The zero-order valence-electron chi connectivity index (χ0n) is 27.1. The van der Waals surface area contributed by atoms with Gasteiger partial charge in [-0.15, -0.1) is 0 Å². The van der Waals surface area contributed by atoms with Gasteiger partial charge in [-0.25, -0.2) is 19.6 Å². The van der Waals surface area contributed by atoms with Gasteiger partial charge >= 0.3 is 17.9 Å². The number of pyridine rings is 2. The van der Waals surface area contributed by atoms with Crippen molar-refractivity contribution in [3.05, 3.63) is 51.3 Å². The van der Waals surface area contributed by atoms with E-state index < -0.39 is 47.9 Å². The molecule has 4 N–H and O–H groups in total. The van der Waals surface area contributed by atoms with E-state index in [0.717, 1.165) is 48.1 Å². The number of aliphatic imine (C=N–C) groups is 1. The highest BCUT2D eigenvalue weighted by Gasteiger charge is 2.50. The predicted molar refractivity (Wildman–Crippen MR) is 176 cm³/mol. The number of nitrogens with zero attached hydrogens (tertiary/aromatic N) is 4. The maximum Gasteiger partial charge on any atom is 0.355 e. The average Bonchev–Trinajstić information content (AvgIpc) is 3.43. The molecule has 0 unspecified atom stereocenters. The lowest BCUT2D eigenvalue weighted by atomic mass is 9.85. The van der Waals surface area contributed by atoms with Crippen molar-refractivity contribution in [3.63, 3.8) is 0 Å². The third kappa shape index (κ3) is 5.49. The summed E-state index contributed by atoms with van der Waals surface area (Å²) in [6, 6.07) is 5.06. The zero-order valence-corrected chi connectivity index (χ0v) is 27.1. The van der Waals surface area contributed by atoms with Gasteiger partial charge in [0.05, 0.1) is 58.2 Å². The number of rotatable bonds is 12. The number of nitrogens with two attached hydrogens (primary N) is 1. The number of cyclic esters (lactones) is 1. The molecule has 0 fully saturated rings. The molecule has 14 heteroatoms. The van der Waals surface area contributed by atoms with Crippen LogP contribution < -0.4 is 21.5 Å². The highest BCUT2D eigenvalue weighted by atomic mass is 16.6. The molecule has 3 aliphatic heterocycles. The van der Waals surface area contributed by atoms with Gasteiger partial charge in [0.2, 0.25) is 11.5 Å². The van der Waals surface area contributed by atoms with Gasteiger partial charge in [0.25, 0.3) is 5.56 Å². The Morgan fingerprint density at radius 1 is 1.19 bits per heavy atom. The molecule has 14 nitrogen and oxygen atoms in total. The van der Waals surface area contributed by atoms with Gasteiger partial charge in [0, 0.05) is 24.1 Å². The molecule has 5 heterocycles. The third-order valence-corrected chi connectivity index (χ3v) is 9.21. The molecule has 6 rings (SSSR count). The summed E-state index contributed by atoms with van der Waals surface area (Å²) in [4.78, 5) is 76.3. The lowest BCUT2D eigenvalue weighted by Crippen LogP contribution is -2.48. The monoisotopic (exact) mass is 658 g/mol. The highest BCUT2D eigenvalue weighted by molar-refractivity contribution is 6.11. The first-order chi connectivity index (χ1) is 23.0. The van der Waals surface area contributed by atoms with Crippen molar-refractivity contribution in [3.8, 4) is 11.4 Å². The number of anilines is 1. The van der Waals surface area contributed by atoms with E-state index in [0.29, 0.717) is 16.9 Å². The summed E-state index contributed by atoms with van der Waals surface area (Å²) in [6.07, 6.45) is 4.10. The van der Waals surface area contributed by atoms with Gasteiger partial charge in [-0.05, 0) is 44.4 Å². The molecule has 0 radical (unpaired) electrons. The second-order valence-corrected chi connectivity index (χ2v) is 12.4. The Morgan fingerprint density at radius 2 is 1.98 bits per heavy atom. The van der Waals surface area contributed by atoms with Crippen LogP contribution in [0.2, 0.25) is 0 Å². The van der Waals surface area contributed by atoms with Crippen molar-refractivity contribution in [2.45, 2.75) is 90.1 Å². The number of fused-ring (bicyclic) bond motifs is 5. The second kappa shape index (κ2) is 12.8. The first-order valence-electron chi connectivity index (χ1n) is 16.2. The minimum atomic E-state index is -1.95. The van der Waals surface area contributed by atoms with E-state index in [2.05, 4.69) is 22.1 Å². The Balaban J connectivity index is 1.39. The number of carbonyl (C=O) groups excluding carboxylic acids is 3. The van der Waals surface area contributed by atoms with E-state index in [1.54, 1.807) is 17.6 Å². The van der Waals surface area contributed by atoms with Crippen molar-refractivity contribution in [2.75, 3.05) is 11.4 Å². The summed E-state index contributed by atoms with van der Waals surface area (Å²) in [5, 5.41) is 12.8. The van der Waals surface area contributed by atoms with Crippen LogP contribution in [0.1, 0.15) is 76.0 Å². The van der Waals surface area contributed by atoms with Crippen molar-refractivity contribution >= 4 is 52.4 Å². The molecule has 0 saturated carbocycles. The molecule has 1 amide bonds. The number of carboxylic acids is 1. The fourth-order valence-electron chi connectivity index (χ4n) is 6.63. The number of nitrogens with one attached hydrogen (secondary N) is 1. The molecule has 0 saturated heterocycles. The fourth-order valence-corrected chi connectivity index (χ4v) is 6.63. The summed E-state index contributed by atoms with van der Waals surface area (Å²) < 4.78 is 12.9. The molecule has 48 heavy (non-hydrogen) atoms. The largest absolute Gasteiger partial charge is 0.480 e. The number of aliphatic carboxylic acids is 1. The molecule has 2 aromatic heterocycles. The number of carboxylic acid groups (broad SMARTS) is 1. The Bertz CT molecular complexity index is 1930. The van der Waals surface area contributed by atoms with Crippen LogP contribution in [-0.4, -0.2) is 63.4 Å². The van der Waals surface area contributed by atoms with Crippen LogP contribution >= 0.6 is 0 Å². The molecular formula is C34H38N6O8. The topological polar surface area (TPSA) is 196 Å². The Labute approximate surface area is 275 Å². The lowest BCUT2D eigenvalue weighted by molar-refractivity contribution is -0.189. The number of unbranched alkanes of at least 4 members (excludes halogenated alkanes) is 2. The average molecular weight is 659 g/mol. The van der Waals surface area contributed by atoms with Crippen LogP contribution in [0.4, 0.5) is 11.4 Å². The number of amides is 1. The first kappa shape index (κ1) is 32.8. The SMILES string of the molecule is CCCCCN1C=Nc2cccc3nc4c(c1c23)Cn1c-4cc2c(c1=O)COC(=O)[C@@]2(CC)OC(=O)CC[C@H](NC(=O)[C@H](C)N)C(=O)O. The molecule has 3 aliphatic rings. The minimum absolute atomic E-state index is 0.0501. The van der Waals surface area contributed by atoms with E-state index in [-0.39, 0.29) is 42.7 Å². The van der Waals surface area contributed by atoms with Gasteiger partial charge in [-0.1, -0.05) is 32.8 Å². The minimum Gasteiger partial charge on any atom is -0.480 e. The van der Waals surface area contributed by atoms with Gasteiger partial charge in [-0.3, -0.25) is 14.4 Å². The number of esters is 2. The lowest BCUT2D eigenvalue weighted by Gasteiger charge is -2.35. The highest BCUT2D eigenvalue weighted by Crippen LogP contribution is 2.47. The molecular weight excluding hydrogens is 620 g/mol. The van der Waals surface area contributed by atoms with Crippen molar-refractivity contribution in [2.24, 2.45) is 10.7 Å². The Hall–Kier alpha value is -5.11. The van der Waals surface area contributed by atoms with Gasteiger partial charge in [0.15, 0.2) is 0 Å². The molecule has 0 spiro atoms. The zero-order chi connectivity index (χ0) is 34.3. The van der Waals surface area contributed by atoms with E-state index in [9.17, 15) is 29.1 Å². The number of benzene rings is 1. The van der Waals surface area contributed by atoms with Crippen LogP contribution in [-0.2, 0) is 47.4 Å². The molecule has 3 aromatic rings. The predicted octanol–water partition coefficient (Wildman–Crippen LogP) is 3.00. The number of carbonyl (C=O) groups is 4.